The molecule has 0 unspecified atom stereocenters. The Kier molecular flexibility index (Phi) is 33.7. The minimum atomic E-state index is 0.813. The van der Waals surface area contributed by atoms with Gasteiger partial charge in [0.15, 0.2) is 0 Å². The van der Waals surface area contributed by atoms with Gasteiger partial charge in [-0.15, -0.1) is 0 Å². The van der Waals surface area contributed by atoms with E-state index in [1.165, 1.54) is 39.4 Å². The minimum absolute atomic E-state index is 0.813. The van der Waals surface area contributed by atoms with Gasteiger partial charge in [0.25, 0.3) is 0 Å². The van der Waals surface area contributed by atoms with Gasteiger partial charge in [0.05, 0.1) is 6.61 Å². The van der Waals surface area contributed by atoms with E-state index in [4.69, 9.17) is 14.3 Å². The van der Waals surface area contributed by atoms with E-state index in [1.807, 2.05) is 27.6 Å². The smallest absolute Gasteiger partial charge is 0.106 e. The highest BCUT2D eigenvalue weighted by atomic mass is 16.5. The normalized spacial score (nSPS) is 13.8. The number of likely N-dealkylation sites (tertiary alicyclic amines) is 1. The van der Waals surface area contributed by atoms with Crippen LogP contribution in [0.2, 0.25) is 0 Å². The van der Waals surface area contributed by atoms with Crippen molar-refractivity contribution in [1.82, 2.24) is 4.90 Å². The Morgan fingerprint density at radius 1 is 0.952 bits per heavy atom. The average Bonchev–Trinajstić information content (AvgIpc) is 2.60. The molecule has 0 aromatic heterocycles. The van der Waals surface area contributed by atoms with Crippen molar-refractivity contribution >= 4 is 6.79 Å². The second-order valence-corrected chi connectivity index (χ2v) is 4.07. The van der Waals surface area contributed by atoms with Crippen LogP contribution < -0.4 is 5.73 Å². The van der Waals surface area contributed by atoms with Crippen molar-refractivity contribution < 1.29 is 14.3 Å². The molecule has 0 spiro atoms. The van der Waals surface area contributed by atoms with Crippen LogP contribution in [0.3, 0.4) is 0 Å². The number of carbonyl (C=O) groups excluding carboxylic acids is 1. The molecular weight excluding hydrogens is 268 g/mol. The van der Waals surface area contributed by atoms with E-state index in [9.17, 15) is 0 Å². The van der Waals surface area contributed by atoms with Crippen LogP contribution in [-0.4, -0.2) is 64.8 Å². The number of ether oxygens (including phenoxy) is 2. The molecule has 2 N–H and O–H groups in total. The third-order valence-electron chi connectivity index (χ3n) is 2.78. The molecule has 1 aliphatic heterocycles. The molecule has 0 aliphatic carbocycles. The fourth-order valence-electron chi connectivity index (χ4n) is 1.89. The largest absolute Gasteiger partial charge is 0.382 e. The van der Waals surface area contributed by atoms with Crippen molar-refractivity contribution in [2.75, 3.05) is 53.1 Å². The van der Waals surface area contributed by atoms with E-state index >= 15 is 0 Å². The van der Waals surface area contributed by atoms with Crippen LogP contribution in [0.15, 0.2) is 0 Å². The fraction of sp³-hybridized carbons (Fsp3) is 0.938. The van der Waals surface area contributed by atoms with Gasteiger partial charge in [0.2, 0.25) is 0 Å². The Hall–Kier alpha value is -0.490. The first-order chi connectivity index (χ1) is 10.4. The summed E-state index contributed by atoms with van der Waals surface area (Å²) in [5.74, 6) is 0. The number of hydrogen-bond acceptors (Lipinski definition) is 5. The first kappa shape index (κ1) is 25.5. The lowest BCUT2D eigenvalue weighted by atomic mass is 10.1. The summed E-state index contributed by atoms with van der Waals surface area (Å²) < 4.78 is 10.8. The fourth-order valence-corrected chi connectivity index (χ4v) is 1.89. The van der Waals surface area contributed by atoms with Crippen LogP contribution in [-0.2, 0) is 14.3 Å². The standard InChI is InChI=1S/C12H25NO2.C2H6.CH5N.CH2O/c1-2-14-10-6-11-15-12-9-13-7-4-3-5-8-13;3*1-2/h2-12H2,1H3;1-2H3;2H2,1H3;1H2. The second-order valence-electron chi connectivity index (χ2n) is 4.07. The number of carbonyl (C=O) groups is 1. The zero-order chi connectivity index (χ0) is 16.8. The summed E-state index contributed by atoms with van der Waals surface area (Å²) in [4.78, 5) is 10.5. The molecule has 1 saturated heterocycles. The number of nitrogens with two attached hydrogens (primary N) is 1. The SMILES string of the molecule is C=O.CC.CCOCCCOCCN1CCCCC1.CN. The molecule has 1 fully saturated rings. The lowest BCUT2D eigenvalue weighted by Crippen LogP contribution is -2.32. The van der Waals surface area contributed by atoms with Crippen molar-refractivity contribution in [3.63, 3.8) is 0 Å². The molecule has 0 atom stereocenters. The van der Waals surface area contributed by atoms with Crippen LogP contribution in [0, 0.1) is 0 Å². The third kappa shape index (κ3) is 21.9. The third-order valence-corrected chi connectivity index (χ3v) is 2.78. The molecule has 1 rings (SSSR count). The first-order valence-electron chi connectivity index (χ1n) is 8.18. The van der Waals surface area contributed by atoms with Crippen LogP contribution in [0.25, 0.3) is 0 Å². The summed E-state index contributed by atoms with van der Waals surface area (Å²) in [7, 11) is 1.50. The highest BCUT2D eigenvalue weighted by molar-refractivity contribution is 5.10. The van der Waals surface area contributed by atoms with Crippen molar-refractivity contribution in [3.05, 3.63) is 0 Å². The molecule has 0 aromatic rings. The number of piperidine rings is 1. The molecule has 1 aliphatic rings. The molecular formula is C16H38N2O3. The van der Waals surface area contributed by atoms with Gasteiger partial charge in [0, 0.05) is 26.4 Å². The Bertz CT molecular complexity index is 154. The summed E-state index contributed by atoms with van der Waals surface area (Å²) in [6, 6.07) is 0. The molecule has 1 heterocycles. The molecule has 0 saturated carbocycles. The van der Waals surface area contributed by atoms with Gasteiger partial charge >= 0.3 is 0 Å². The molecule has 0 aromatic carbocycles. The van der Waals surface area contributed by atoms with Gasteiger partial charge in [-0.25, -0.2) is 0 Å². The highest BCUT2D eigenvalue weighted by Gasteiger charge is 2.08. The van der Waals surface area contributed by atoms with Gasteiger partial charge < -0.3 is 24.9 Å². The van der Waals surface area contributed by atoms with Crippen LogP contribution in [0.1, 0.15) is 46.5 Å². The van der Waals surface area contributed by atoms with Crippen molar-refractivity contribution in [2.24, 2.45) is 5.73 Å². The van der Waals surface area contributed by atoms with E-state index in [1.54, 1.807) is 0 Å². The molecule has 5 nitrogen and oxygen atoms in total. The van der Waals surface area contributed by atoms with E-state index in [-0.39, 0.29) is 0 Å². The molecule has 0 bridgehead atoms. The summed E-state index contributed by atoms with van der Waals surface area (Å²) >= 11 is 0. The molecule has 130 valence electrons. The van der Waals surface area contributed by atoms with Gasteiger partial charge in [0.1, 0.15) is 6.79 Å². The first-order valence-corrected chi connectivity index (χ1v) is 8.18. The number of rotatable bonds is 8. The number of nitrogens with zero attached hydrogens (tertiary/aromatic N) is 1. The summed E-state index contributed by atoms with van der Waals surface area (Å²) in [6.45, 7) is 15.0. The molecule has 5 heteroatoms. The van der Waals surface area contributed by atoms with Gasteiger partial charge in [-0.1, -0.05) is 20.3 Å². The van der Waals surface area contributed by atoms with E-state index in [2.05, 4.69) is 10.6 Å². The minimum Gasteiger partial charge on any atom is -0.382 e. The predicted octanol–water partition coefficient (Wildman–Crippen LogP) is 2.33. The number of hydrogen-bond donors (Lipinski definition) is 1. The van der Waals surface area contributed by atoms with Crippen LogP contribution >= 0.6 is 0 Å². The lowest BCUT2D eigenvalue weighted by molar-refractivity contribution is -0.0979. The van der Waals surface area contributed by atoms with E-state index in [0.29, 0.717) is 0 Å². The van der Waals surface area contributed by atoms with Crippen molar-refractivity contribution in [1.29, 1.82) is 0 Å². The summed E-state index contributed by atoms with van der Waals surface area (Å²) in [5, 5.41) is 0. The topological polar surface area (TPSA) is 64.8 Å². The molecule has 0 radical (unpaired) electrons. The highest BCUT2D eigenvalue weighted by Crippen LogP contribution is 2.07. The summed E-state index contributed by atoms with van der Waals surface area (Å²) in [6.07, 6.45) is 5.16. The maximum atomic E-state index is 8.00. The zero-order valence-corrected chi connectivity index (χ0v) is 14.7. The van der Waals surface area contributed by atoms with Crippen LogP contribution in [0.4, 0.5) is 0 Å². The van der Waals surface area contributed by atoms with Crippen molar-refractivity contribution in [3.8, 4) is 0 Å². The Morgan fingerprint density at radius 2 is 1.48 bits per heavy atom. The Balaban J connectivity index is -0.000000478. The predicted molar refractivity (Wildman–Crippen MR) is 90.8 cm³/mol. The van der Waals surface area contributed by atoms with Crippen LogP contribution in [0.5, 0.6) is 0 Å². The zero-order valence-electron chi connectivity index (χ0n) is 14.7. The van der Waals surface area contributed by atoms with Crippen molar-refractivity contribution in [2.45, 2.75) is 46.5 Å². The Labute approximate surface area is 132 Å². The molecule has 21 heavy (non-hydrogen) atoms. The molecule has 0 amide bonds. The quantitative estimate of drug-likeness (QED) is 0.697. The summed E-state index contributed by atoms with van der Waals surface area (Å²) in [5.41, 5.74) is 4.50. The average molecular weight is 306 g/mol. The van der Waals surface area contributed by atoms with Gasteiger partial charge in [-0.3, -0.25) is 0 Å². The van der Waals surface area contributed by atoms with E-state index in [0.717, 1.165) is 39.4 Å². The van der Waals surface area contributed by atoms with E-state index < -0.39 is 0 Å². The van der Waals surface area contributed by atoms with Gasteiger partial charge in [-0.2, -0.15) is 0 Å². The van der Waals surface area contributed by atoms with Gasteiger partial charge in [-0.05, 0) is 46.3 Å². The second kappa shape index (κ2) is 27.8. The Morgan fingerprint density at radius 3 is 2.00 bits per heavy atom. The maximum Gasteiger partial charge on any atom is 0.106 e. The monoisotopic (exact) mass is 306 g/mol. The lowest BCUT2D eigenvalue weighted by Gasteiger charge is -2.26. The maximum absolute atomic E-state index is 8.00.